The molecule has 2 aromatic carbocycles. The van der Waals surface area contributed by atoms with Crippen molar-refractivity contribution in [3.05, 3.63) is 71.4 Å². The monoisotopic (exact) mass is 644 g/mol. The van der Waals surface area contributed by atoms with Crippen LogP contribution in [0.5, 0.6) is 0 Å². The molecule has 40 heavy (non-hydrogen) atoms. The zero-order valence-corrected chi connectivity index (χ0v) is 26.0. The number of rotatable bonds is 16. The van der Waals surface area contributed by atoms with Crippen LogP contribution < -0.4 is 20.7 Å². The van der Waals surface area contributed by atoms with Crippen molar-refractivity contribution >= 4 is 94.4 Å². The Morgan fingerprint density at radius 1 is 0.675 bits per heavy atom. The zero-order valence-electron chi connectivity index (χ0n) is 22.1. The van der Waals surface area contributed by atoms with Crippen LogP contribution in [-0.2, 0) is 0 Å². The van der Waals surface area contributed by atoms with Crippen molar-refractivity contribution in [2.45, 2.75) is 6.92 Å². The van der Waals surface area contributed by atoms with E-state index < -0.39 is 0 Å². The summed E-state index contributed by atoms with van der Waals surface area (Å²) in [4.78, 5) is 13.1. The summed E-state index contributed by atoms with van der Waals surface area (Å²) in [6.07, 6.45) is 3.43. The van der Waals surface area contributed by atoms with Gasteiger partial charge in [0.25, 0.3) is 0 Å². The third kappa shape index (κ3) is 11.2. The first-order valence-electron chi connectivity index (χ1n) is 12.4. The molecule has 1 heterocycles. The van der Waals surface area contributed by atoms with Gasteiger partial charge in [-0.25, -0.2) is 10.4 Å². The minimum Gasteiger partial charge on any atom is -0.369 e. The zero-order chi connectivity index (χ0) is 27.9. The van der Waals surface area contributed by atoms with E-state index in [9.17, 15) is 0 Å². The molecule has 0 saturated carbocycles. The Morgan fingerprint density at radius 3 is 1.52 bits per heavy atom. The average Bonchev–Trinajstić information content (AvgIpc) is 2.93. The summed E-state index contributed by atoms with van der Waals surface area (Å²) in [5.41, 5.74) is 10.6. The van der Waals surface area contributed by atoms with E-state index in [-0.39, 0.29) is 12.4 Å². The number of aryl methyl sites for hydroxylation is 1. The van der Waals surface area contributed by atoms with Crippen LogP contribution in [-0.4, -0.2) is 72.1 Å². The minimum absolute atomic E-state index is 0. The molecule has 3 rings (SSSR count). The number of anilines is 4. The first kappa shape index (κ1) is 33.7. The van der Waals surface area contributed by atoms with Crippen molar-refractivity contribution in [1.29, 1.82) is 0 Å². The number of halogens is 5. The van der Waals surface area contributed by atoms with Crippen LogP contribution in [0.15, 0.2) is 64.8 Å². The maximum absolute atomic E-state index is 5.91. The van der Waals surface area contributed by atoms with Crippen molar-refractivity contribution in [3.8, 4) is 0 Å². The molecular weight excluding hydrogens is 614 g/mol. The Hall–Kier alpha value is -2.49. The molecule has 0 atom stereocenters. The summed E-state index contributed by atoms with van der Waals surface area (Å²) in [6, 6.07) is 17.8. The third-order valence-electron chi connectivity index (χ3n) is 5.56. The Kier molecular flexibility index (Phi) is 15.8. The van der Waals surface area contributed by atoms with Gasteiger partial charge in [0.15, 0.2) is 5.82 Å². The number of hydrogen-bond donors (Lipinski definition) is 2. The molecule has 13 heteroatoms. The van der Waals surface area contributed by atoms with Gasteiger partial charge in [0, 0.05) is 72.8 Å². The number of alkyl halides is 4. The molecule has 3 aromatic rings. The molecule has 8 nitrogen and oxygen atoms in total. The molecule has 0 saturated heterocycles. The Labute approximate surface area is 262 Å². The van der Waals surface area contributed by atoms with Crippen molar-refractivity contribution in [2.24, 2.45) is 10.2 Å². The summed E-state index contributed by atoms with van der Waals surface area (Å²) in [6.45, 7) is 4.84. The van der Waals surface area contributed by atoms with Crippen LogP contribution in [0.3, 0.4) is 0 Å². The summed E-state index contributed by atoms with van der Waals surface area (Å²) < 4.78 is 0. The maximum Gasteiger partial charge on any atom is 0.245 e. The quantitative estimate of drug-likeness (QED) is 0.103. The second-order valence-corrected chi connectivity index (χ2v) is 9.88. The number of hydrogen-bond acceptors (Lipinski definition) is 8. The van der Waals surface area contributed by atoms with E-state index in [1.165, 1.54) is 0 Å². The normalized spacial score (nSPS) is 11.0. The van der Waals surface area contributed by atoms with E-state index >= 15 is 0 Å². The van der Waals surface area contributed by atoms with Gasteiger partial charge in [-0.05, 0) is 42.3 Å². The van der Waals surface area contributed by atoms with Gasteiger partial charge in [0.05, 0.1) is 12.4 Å². The lowest BCUT2D eigenvalue weighted by Gasteiger charge is -2.22. The molecule has 0 spiro atoms. The van der Waals surface area contributed by atoms with Crippen LogP contribution >= 0.6 is 58.8 Å². The topological polar surface area (TPSA) is 81.0 Å². The fourth-order valence-corrected chi connectivity index (χ4v) is 4.52. The summed E-state index contributed by atoms with van der Waals surface area (Å²) in [5, 5.41) is 8.59. The van der Waals surface area contributed by atoms with Crippen LogP contribution in [0.1, 0.15) is 16.8 Å². The highest BCUT2D eigenvalue weighted by atomic mass is 35.5. The van der Waals surface area contributed by atoms with E-state index in [1.807, 2.05) is 55.5 Å². The van der Waals surface area contributed by atoms with Gasteiger partial charge in [0.2, 0.25) is 5.95 Å². The third-order valence-corrected chi connectivity index (χ3v) is 6.24. The van der Waals surface area contributed by atoms with Gasteiger partial charge in [-0.2, -0.15) is 15.2 Å². The number of hydrazone groups is 2. The molecule has 1 aromatic heterocycles. The van der Waals surface area contributed by atoms with E-state index in [4.69, 9.17) is 46.4 Å². The SMILES string of the molecule is Cc1cc(NN=Cc2ccc(N(CCCl)CCCl)cc2)nc(NN=Cc2ccc(N(CCCl)CCCl)cc2)n1.Cl. The fraction of sp³-hybridized carbons (Fsp3) is 0.333. The molecule has 0 amide bonds. The minimum atomic E-state index is 0. The number of nitrogens with one attached hydrogen (secondary N) is 2. The van der Waals surface area contributed by atoms with Crippen LogP contribution in [0.2, 0.25) is 0 Å². The number of aromatic nitrogens is 2. The molecule has 216 valence electrons. The average molecular weight is 647 g/mol. The van der Waals surface area contributed by atoms with Crippen molar-refractivity contribution in [2.75, 3.05) is 70.4 Å². The van der Waals surface area contributed by atoms with Gasteiger partial charge in [0.1, 0.15) is 0 Å². The van der Waals surface area contributed by atoms with Gasteiger partial charge < -0.3 is 9.80 Å². The van der Waals surface area contributed by atoms with E-state index in [2.05, 4.69) is 40.8 Å². The molecule has 0 fully saturated rings. The molecule has 2 N–H and O–H groups in total. The van der Waals surface area contributed by atoms with Gasteiger partial charge >= 0.3 is 0 Å². The maximum atomic E-state index is 5.91. The van der Waals surface area contributed by atoms with Crippen molar-refractivity contribution < 1.29 is 0 Å². The molecule has 0 aliphatic heterocycles. The summed E-state index contributed by atoms with van der Waals surface area (Å²) in [5.74, 6) is 3.08. The first-order valence-corrected chi connectivity index (χ1v) is 14.6. The highest BCUT2D eigenvalue weighted by molar-refractivity contribution is 6.19. The van der Waals surface area contributed by atoms with Crippen LogP contribution in [0, 0.1) is 6.92 Å². The molecule has 0 bridgehead atoms. The van der Waals surface area contributed by atoms with E-state index in [0.29, 0.717) is 35.3 Å². The van der Waals surface area contributed by atoms with E-state index in [0.717, 1.165) is 54.4 Å². The number of nitrogens with zero attached hydrogens (tertiary/aromatic N) is 6. The molecular formula is C27H33Cl5N8. The predicted octanol–water partition coefficient (Wildman–Crippen LogP) is 6.67. The van der Waals surface area contributed by atoms with Gasteiger partial charge in [-0.15, -0.1) is 58.8 Å². The smallest absolute Gasteiger partial charge is 0.245 e. The predicted molar refractivity (Wildman–Crippen MR) is 177 cm³/mol. The summed E-state index contributed by atoms with van der Waals surface area (Å²) in [7, 11) is 0. The highest BCUT2D eigenvalue weighted by Gasteiger charge is 2.06. The number of benzene rings is 2. The Morgan fingerprint density at radius 2 is 1.10 bits per heavy atom. The first-order chi connectivity index (χ1) is 19.1. The fourth-order valence-electron chi connectivity index (χ4n) is 3.70. The van der Waals surface area contributed by atoms with Crippen molar-refractivity contribution in [3.63, 3.8) is 0 Å². The lowest BCUT2D eigenvalue weighted by Crippen LogP contribution is -2.27. The molecule has 0 unspecified atom stereocenters. The summed E-state index contributed by atoms with van der Waals surface area (Å²) >= 11 is 23.6. The van der Waals surface area contributed by atoms with Crippen LogP contribution in [0.25, 0.3) is 0 Å². The highest BCUT2D eigenvalue weighted by Crippen LogP contribution is 2.17. The van der Waals surface area contributed by atoms with Gasteiger partial charge in [-0.1, -0.05) is 24.3 Å². The second kappa shape index (κ2) is 18.8. The van der Waals surface area contributed by atoms with Crippen molar-refractivity contribution in [1.82, 2.24) is 9.97 Å². The molecule has 0 radical (unpaired) electrons. The van der Waals surface area contributed by atoms with E-state index in [1.54, 1.807) is 18.5 Å². The van der Waals surface area contributed by atoms with Gasteiger partial charge in [-0.3, -0.25) is 5.43 Å². The molecule has 0 aliphatic carbocycles. The Balaban J connectivity index is 0.00000560. The Bertz CT molecular complexity index is 1090. The standard InChI is InChI=1S/C27H32Cl4N8.ClH/c1-21-18-26(36-32-19-22-2-6-24(7-3-22)38(14-10-28)15-11-29)35-27(34-21)37-33-20-23-4-8-25(9-5-23)39(16-12-30)17-13-31;/h2-9,18-20H,10-17H2,1H3,(H2,34,35,36,37);1H. The molecule has 0 aliphatic rings. The van der Waals surface area contributed by atoms with Crippen LogP contribution in [0.4, 0.5) is 23.1 Å². The lowest BCUT2D eigenvalue weighted by molar-refractivity contribution is 0.874. The largest absolute Gasteiger partial charge is 0.369 e. The second-order valence-electron chi connectivity index (χ2n) is 8.37. The lowest BCUT2D eigenvalue weighted by atomic mass is 10.2.